The lowest BCUT2D eigenvalue weighted by Crippen LogP contribution is -2.69. The topological polar surface area (TPSA) is 318 Å². The zero-order valence-electron chi connectivity index (χ0n) is 68.1. The fraction of sp³-hybridized carbons (Fsp3) is 0.370. The third-order valence-corrected chi connectivity index (χ3v) is 24.6. The number of fused-ring (bicyclic) bond motifs is 9. The summed E-state index contributed by atoms with van der Waals surface area (Å²) in [5, 5.41) is 72.5. The van der Waals surface area contributed by atoms with Gasteiger partial charge in [0.25, 0.3) is 0 Å². The first-order chi connectivity index (χ1) is 58.0. The van der Waals surface area contributed by atoms with Crippen LogP contribution < -0.4 is 33.6 Å². The van der Waals surface area contributed by atoms with E-state index in [2.05, 4.69) is 144 Å². The van der Waals surface area contributed by atoms with Gasteiger partial charge in [-0.2, -0.15) is 31.1 Å². The number of methoxy groups -OCH3 is 3. The summed E-state index contributed by atoms with van der Waals surface area (Å²) in [4.78, 5) is 42.3. The Morgan fingerprint density at radius 2 is 0.867 bits per heavy atom. The van der Waals surface area contributed by atoms with E-state index in [0.29, 0.717) is 89.4 Å². The second kappa shape index (κ2) is 31.8. The van der Waals surface area contributed by atoms with Crippen LogP contribution in [0.4, 0.5) is 17.5 Å². The summed E-state index contributed by atoms with van der Waals surface area (Å²) in [6.07, 6.45) is 31.6. The van der Waals surface area contributed by atoms with Gasteiger partial charge in [0.2, 0.25) is 17.6 Å². The van der Waals surface area contributed by atoms with Gasteiger partial charge in [0, 0.05) is 214 Å². The second-order valence-corrected chi connectivity index (χ2v) is 34.3. The summed E-state index contributed by atoms with van der Waals surface area (Å²) >= 11 is 0. The molecule has 28 heteroatoms. The third-order valence-electron chi connectivity index (χ3n) is 24.6. The average Bonchev–Trinajstić information content (AvgIpc) is 0.817. The van der Waals surface area contributed by atoms with Crippen LogP contribution in [-0.4, -0.2) is 209 Å². The van der Waals surface area contributed by atoms with Crippen molar-refractivity contribution >= 4 is 40.1 Å². The SMILES string of the molecule is COc1ccc(CN2C3CC2CN(c2ccc(-c4cc(/C=C/C(C)(C)O)cn5ncc(C#N)c45)cn2)C3)cn1.COc1ccc(CN2C3CC2CN(c2ccc(-c4cc(C#CCC(C)(C)O)cn5ncc(C#N)c45)cn2)C3)cn1.COc1ccc(CN2C3CC2CN(c2ccc(-c4cc(OCC56CC(O)(C5)C6)cn5ncc(C#N)c45)cn2)C3)cn1. The van der Waals surface area contributed by atoms with Gasteiger partial charge in [0.05, 0.1) is 103 Å². The minimum Gasteiger partial charge on any atom is -0.491 e. The number of hydrogen-bond acceptors (Lipinski definition) is 25. The molecule has 9 saturated heterocycles. The first kappa shape index (κ1) is 78.3. The quantitative estimate of drug-likeness (QED) is 0.0563. The fourth-order valence-electron chi connectivity index (χ4n) is 18.6. The van der Waals surface area contributed by atoms with Gasteiger partial charge < -0.3 is 49.0 Å². The Labute approximate surface area is 695 Å². The molecular formula is C92H93N21O7. The van der Waals surface area contributed by atoms with Crippen LogP contribution in [0, 0.1) is 51.2 Å². The first-order valence-electron chi connectivity index (χ1n) is 40.7. The molecule has 0 spiro atoms. The maximum atomic E-state index is 10.1. The smallest absolute Gasteiger partial charge is 0.212 e. The Hall–Kier alpha value is -12.9. The third kappa shape index (κ3) is 16.0. The Morgan fingerprint density at radius 3 is 1.22 bits per heavy atom. The number of hydrogen-bond donors (Lipinski definition) is 3. The van der Waals surface area contributed by atoms with E-state index in [1.165, 1.54) is 36.0 Å². The van der Waals surface area contributed by atoms with Crippen molar-refractivity contribution in [2.24, 2.45) is 5.41 Å². The number of anilines is 3. The molecular weight excluding hydrogens is 1510 g/mol. The summed E-state index contributed by atoms with van der Waals surface area (Å²) in [6.45, 7) is 15.8. The molecule has 3 aliphatic carbocycles. The number of pyridine rings is 9. The molecule has 12 aromatic rings. The molecule has 8 bridgehead atoms. The Bertz CT molecular complexity index is 5990. The van der Waals surface area contributed by atoms with Crippen LogP contribution in [0.1, 0.15) is 117 Å². The molecule has 120 heavy (non-hydrogen) atoms. The molecule has 6 unspecified atom stereocenters. The molecule has 6 atom stereocenters. The number of piperazine rings is 3. The van der Waals surface area contributed by atoms with Gasteiger partial charge in [-0.05, 0) is 143 Å². The van der Waals surface area contributed by atoms with Gasteiger partial charge in [-0.1, -0.05) is 42.2 Å². The van der Waals surface area contributed by atoms with Crippen LogP contribution in [-0.2, 0) is 19.6 Å². The van der Waals surface area contributed by atoms with E-state index in [0.717, 1.165) is 157 Å². The van der Waals surface area contributed by atoms with Crippen molar-refractivity contribution < 1.29 is 34.3 Å². The highest BCUT2D eigenvalue weighted by Gasteiger charge is 2.67. The molecule has 24 rings (SSSR count). The Kier molecular flexibility index (Phi) is 20.7. The minimum atomic E-state index is -0.934. The standard InChI is InChI=1S/C31H31N7O3.C31H31N7O2.C30H31N7O2/c1-40-28-5-2-20(9-34-28)12-37-23-6-24(37)14-36(13-23)27-4-3-21(10-33-27)26-7-25(15-38-29(26)22(8-32)11-35-38)41-19-30-16-31(39,17-30)18-30;1-31(2,39)10-4-5-21-11-27(30-24(13-32)16-35-38(30)18-21)23-7-8-28(33-15-23)36-19-25-12-26(20-36)37(25)17-22-6-9-29(40-3)34-14-22;1-30(2,38)9-8-20-10-26(29-23(12-31)15-34-37(29)17-20)22-5-6-27(32-14-22)35-18-24-11-25(19-35)36(24)16-21-4-7-28(39-3)33-13-21/h2-5,7,9-11,15,23-24,39H,6,12-14,16-19H2,1H3;6-9,11,14-16,18,25-26,39H,10,12,17,19-20H2,1-3H3;4-10,13-15,17,24-25,38H,11,16,18-19H2,1-3H3/b;;9-8+. The van der Waals surface area contributed by atoms with E-state index < -0.39 is 16.8 Å². The molecule has 12 fully saturated rings. The molecule has 608 valence electrons. The lowest BCUT2D eigenvalue weighted by molar-refractivity contribution is -0.269. The van der Waals surface area contributed by atoms with Gasteiger partial charge in [-0.3, -0.25) is 14.7 Å². The van der Waals surface area contributed by atoms with E-state index >= 15 is 0 Å². The van der Waals surface area contributed by atoms with Crippen molar-refractivity contribution in [2.45, 2.75) is 145 Å². The predicted molar refractivity (Wildman–Crippen MR) is 451 cm³/mol. The molecule has 3 saturated carbocycles. The first-order valence-corrected chi connectivity index (χ1v) is 40.7. The van der Waals surface area contributed by atoms with Crippen LogP contribution >= 0.6 is 0 Å². The van der Waals surface area contributed by atoms with Gasteiger partial charge >= 0.3 is 0 Å². The van der Waals surface area contributed by atoms with Crippen LogP contribution in [0.3, 0.4) is 0 Å². The molecule has 0 radical (unpaired) electrons. The van der Waals surface area contributed by atoms with Gasteiger partial charge in [0.15, 0.2) is 0 Å². The molecule has 0 aromatic carbocycles. The number of aliphatic hydroxyl groups is 3. The lowest BCUT2D eigenvalue weighted by atomic mass is 9.41. The monoisotopic (exact) mass is 1600 g/mol. The molecule has 0 amide bonds. The van der Waals surface area contributed by atoms with E-state index in [1.54, 1.807) is 87.2 Å². The number of nitrogens with zero attached hydrogens (tertiary/aromatic N) is 21. The van der Waals surface area contributed by atoms with Crippen molar-refractivity contribution in [2.75, 3.05) is 81.9 Å². The number of ether oxygens (including phenoxy) is 4. The van der Waals surface area contributed by atoms with Crippen molar-refractivity contribution in [1.29, 1.82) is 15.8 Å². The predicted octanol–water partition coefficient (Wildman–Crippen LogP) is 11.0. The van der Waals surface area contributed by atoms with Crippen LogP contribution in [0.5, 0.6) is 23.4 Å². The lowest BCUT2D eigenvalue weighted by Gasteiger charge is -2.67. The summed E-state index contributed by atoms with van der Waals surface area (Å²) in [5.74, 6) is 11.7. The highest BCUT2D eigenvalue weighted by molar-refractivity contribution is 5.88. The molecule has 3 N–H and O–H groups in total. The van der Waals surface area contributed by atoms with Gasteiger partial charge in [-0.15, -0.1) is 0 Å². The zero-order valence-corrected chi connectivity index (χ0v) is 68.1. The van der Waals surface area contributed by atoms with Crippen LogP contribution in [0.25, 0.3) is 56.0 Å². The van der Waals surface area contributed by atoms with Crippen LogP contribution in [0.2, 0.25) is 0 Å². The molecule has 28 nitrogen and oxygen atoms in total. The maximum absolute atomic E-state index is 10.1. The molecule has 12 aromatic heterocycles. The van der Waals surface area contributed by atoms with E-state index in [4.69, 9.17) is 33.9 Å². The number of nitriles is 3. The maximum Gasteiger partial charge on any atom is 0.212 e. The Morgan fingerprint density at radius 1 is 0.475 bits per heavy atom. The number of rotatable bonds is 21. The minimum absolute atomic E-state index is 0.102. The largest absolute Gasteiger partial charge is 0.491 e. The second-order valence-electron chi connectivity index (χ2n) is 34.3. The highest BCUT2D eigenvalue weighted by Crippen LogP contribution is 2.67. The van der Waals surface area contributed by atoms with Crippen molar-refractivity contribution in [3.63, 3.8) is 0 Å². The van der Waals surface area contributed by atoms with Crippen LogP contribution in [0.15, 0.2) is 171 Å². The molecule has 9 aliphatic heterocycles. The van der Waals surface area contributed by atoms with Crippen molar-refractivity contribution in [3.8, 4) is 86.8 Å². The van der Waals surface area contributed by atoms with Gasteiger partial charge in [-0.25, -0.2) is 43.5 Å². The molecule has 21 heterocycles. The van der Waals surface area contributed by atoms with E-state index in [1.807, 2.05) is 98.2 Å². The van der Waals surface area contributed by atoms with E-state index in [-0.39, 0.29) is 5.41 Å². The van der Waals surface area contributed by atoms with Gasteiger partial charge in [0.1, 0.15) is 41.4 Å². The normalized spacial score (nSPS) is 22.0. The zero-order chi connectivity index (χ0) is 82.8. The summed E-state index contributed by atoms with van der Waals surface area (Å²) in [6, 6.07) is 40.1. The van der Waals surface area contributed by atoms with E-state index in [9.17, 15) is 31.1 Å². The summed E-state index contributed by atoms with van der Waals surface area (Å²) < 4.78 is 26.9. The number of aromatic nitrogens is 12. The Balaban J connectivity index is 0.000000124. The highest BCUT2D eigenvalue weighted by atomic mass is 16.5. The fourth-order valence-corrected chi connectivity index (χ4v) is 18.6. The van der Waals surface area contributed by atoms with Crippen molar-refractivity contribution in [1.82, 2.24) is 73.4 Å². The molecule has 12 aliphatic rings. The summed E-state index contributed by atoms with van der Waals surface area (Å²) in [7, 11) is 4.90. The average molecular weight is 1600 g/mol. The summed E-state index contributed by atoms with van der Waals surface area (Å²) in [5.41, 5.74) is 12.1. The van der Waals surface area contributed by atoms with Crippen molar-refractivity contribution in [3.05, 3.63) is 216 Å². The number of piperidine rings is 3.